The van der Waals surface area contributed by atoms with Gasteiger partial charge in [0.05, 0.1) is 18.1 Å². The molecule has 1 aromatic carbocycles. The number of aliphatic hydroxyl groups is 3. The van der Waals surface area contributed by atoms with Crippen LogP contribution in [0.1, 0.15) is 53.9 Å². The number of benzene rings is 1. The molecule has 0 amide bonds. The molecule has 226 valence electrons. The molecule has 3 aromatic heterocycles. The van der Waals surface area contributed by atoms with Crippen molar-refractivity contribution in [1.29, 1.82) is 0 Å². The number of nitrogens with zero attached hydrogens (tertiary/aromatic N) is 8. The standard InChI is InChI=1S/C28H29ClF2N8O4/c1-6-10-32-26(20-8-7-9-23(25(20)31)38-18(5)34-17(4)35-38)22(30)14-37-16(3)12-21(24(29)27(37)40)15(2)11-19-13-33-39(36-19)28(41,42)43/h6-10,12-15,41-43H,11H2,1-5H3/b10-6+,22-14-,32-26+. The largest absolute Gasteiger partial charge is 0.405 e. The van der Waals surface area contributed by atoms with Gasteiger partial charge in [0.25, 0.3) is 5.56 Å². The molecule has 4 aromatic rings. The monoisotopic (exact) mass is 614 g/mol. The zero-order valence-corrected chi connectivity index (χ0v) is 24.6. The number of pyridine rings is 1. The van der Waals surface area contributed by atoms with Gasteiger partial charge in [-0.25, -0.2) is 18.4 Å². The van der Waals surface area contributed by atoms with Crippen LogP contribution in [0.2, 0.25) is 5.02 Å². The van der Waals surface area contributed by atoms with E-state index in [0.29, 0.717) is 27.7 Å². The predicted octanol–water partition coefficient (Wildman–Crippen LogP) is 3.42. The Kier molecular flexibility index (Phi) is 9.15. The molecule has 4 rings (SSSR count). The molecular formula is C28H29ClF2N8O4. The summed E-state index contributed by atoms with van der Waals surface area (Å²) < 4.78 is 34.0. The Morgan fingerprint density at radius 3 is 2.53 bits per heavy atom. The molecular weight excluding hydrogens is 586 g/mol. The predicted molar refractivity (Wildman–Crippen MR) is 155 cm³/mol. The highest BCUT2D eigenvalue weighted by atomic mass is 35.5. The second-order valence-electron chi connectivity index (χ2n) is 9.75. The SMILES string of the molecule is C/C=C/N=C(/C(F)=C/n1c(C)cc(C(C)Cc2cnn(C(O)(O)O)n2)c(Cl)c1=O)c1cccc(-n2nc(C)nc2C)c1F. The Hall–Kier alpha value is -4.37. The first-order chi connectivity index (χ1) is 20.2. The van der Waals surface area contributed by atoms with Gasteiger partial charge < -0.3 is 15.3 Å². The Morgan fingerprint density at radius 2 is 1.93 bits per heavy atom. The molecule has 0 aliphatic heterocycles. The summed E-state index contributed by atoms with van der Waals surface area (Å²) in [7, 11) is 0. The van der Waals surface area contributed by atoms with Crippen molar-refractivity contribution in [3.63, 3.8) is 0 Å². The molecule has 3 N–H and O–H groups in total. The molecule has 0 fully saturated rings. The van der Waals surface area contributed by atoms with E-state index in [1.54, 1.807) is 46.8 Å². The lowest BCUT2D eigenvalue weighted by Gasteiger charge is -2.16. The van der Waals surface area contributed by atoms with Crippen molar-refractivity contribution in [2.75, 3.05) is 0 Å². The molecule has 3 heterocycles. The molecule has 0 aliphatic carbocycles. The summed E-state index contributed by atoms with van der Waals surface area (Å²) in [5.41, 5.74) is -0.171. The van der Waals surface area contributed by atoms with Crippen LogP contribution in [-0.4, -0.2) is 55.4 Å². The van der Waals surface area contributed by atoms with Crippen LogP contribution in [0.3, 0.4) is 0 Å². The molecule has 12 nitrogen and oxygen atoms in total. The Morgan fingerprint density at radius 1 is 1.21 bits per heavy atom. The summed E-state index contributed by atoms with van der Waals surface area (Å²) in [6.07, 6.45) is 1.87. The lowest BCUT2D eigenvalue weighted by molar-refractivity contribution is -0.387. The van der Waals surface area contributed by atoms with Gasteiger partial charge in [0.1, 0.15) is 28.1 Å². The van der Waals surface area contributed by atoms with Crippen molar-refractivity contribution >= 4 is 23.5 Å². The van der Waals surface area contributed by atoms with E-state index in [1.807, 2.05) is 0 Å². The minimum Gasteiger partial charge on any atom is -0.323 e. The van der Waals surface area contributed by atoms with Crippen LogP contribution in [0.5, 0.6) is 0 Å². The second kappa shape index (κ2) is 12.5. The number of halogens is 3. The highest BCUT2D eigenvalue weighted by Crippen LogP contribution is 2.27. The smallest absolute Gasteiger partial charge is 0.323 e. The zero-order chi connectivity index (χ0) is 31.6. The molecule has 15 heteroatoms. The van der Waals surface area contributed by atoms with Crippen molar-refractivity contribution in [3.8, 4) is 5.69 Å². The fourth-order valence-corrected chi connectivity index (χ4v) is 4.75. The van der Waals surface area contributed by atoms with Gasteiger partial charge in [-0.15, -0.1) is 0 Å². The summed E-state index contributed by atoms with van der Waals surface area (Å²) in [6, 6.07) is 5.98. The van der Waals surface area contributed by atoms with Crippen LogP contribution < -0.4 is 5.56 Å². The molecule has 1 atom stereocenters. The maximum absolute atomic E-state index is 15.9. The van der Waals surface area contributed by atoms with Crippen LogP contribution in [0, 0.1) is 26.6 Å². The van der Waals surface area contributed by atoms with E-state index in [-0.39, 0.29) is 34.1 Å². The van der Waals surface area contributed by atoms with Crippen molar-refractivity contribution < 1.29 is 24.1 Å². The minimum atomic E-state index is -3.26. The van der Waals surface area contributed by atoms with Crippen LogP contribution in [0.15, 0.2) is 58.4 Å². The summed E-state index contributed by atoms with van der Waals surface area (Å²) in [4.78, 5) is 21.9. The summed E-state index contributed by atoms with van der Waals surface area (Å²) in [5, 5.41) is 39.1. The summed E-state index contributed by atoms with van der Waals surface area (Å²) >= 11 is 6.44. The van der Waals surface area contributed by atoms with E-state index >= 15 is 8.78 Å². The molecule has 0 radical (unpaired) electrons. The van der Waals surface area contributed by atoms with E-state index in [1.165, 1.54) is 35.3 Å². The minimum absolute atomic E-state index is 0.0500. The average molecular weight is 615 g/mol. The van der Waals surface area contributed by atoms with Crippen LogP contribution in [0.4, 0.5) is 8.78 Å². The van der Waals surface area contributed by atoms with Crippen molar-refractivity contribution in [3.05, 3.63) is 104 Å². The third kappa shape index (κ3) is 6.67. The van der Waals surface area contributed by atoms with E-state index in [2.05, 4.69) is 25.3 Å². The Balaban J connectivity index is 1.73. The number of hydrogen-bond donors (Lipinski definition) is 3. The second-order valence-corrected chi connectivity index (χ2v) is 10.1. The maximum atomic E-state index is 15.9. The van der Waals surface area contributed by atoms with Gasteiger partial charge in [-0.2, -0.15) is 15.3 Å². The number of allylic oxidation sites excluding steroid dienone is 2. The highest BCUT2D eigenvalue weighted by Gasteiger charge is 2.26. The van der Waals surface area contributed by atoms with Crippen LogP contribution in [0.25, 0.3) is 11.9 Å². The van der Waals surface area contributed by atoms with Gasteiger partial charge in [-0.3, -0.25) is 14.4 Å². The highest BCUT2D eigenvalue weighted by molar-refractivity contribution is 6.31. The van der Waals surface area contributed by atoms with E-state index < -0.39 is 29.2 Å². The third-order valence-electron chi connectivity index (χ3n) is 6.42. The van der Waals surface area contributed by atoms with Crippen molar-refractivity contribution in [2.24, 2.45) is 4.99 Å². The zero-order valence-electron chi connectivity index (χ0n) is 23.9. The topological polar surface area (TPSA) is 156 Å². The third-order valence-corrected chi connectivity index (χ3v) is 6.80. The number of aryl methyl sites for hydroxylation is 3. The first-order valence-corrected chi connectivity index (χ1v) is 13.4. The first kappa shape index (κ1) is 31.6. The fourth-order valence-electron chi connectivity index (χ4n) is 4.42. The number of rotatable bonds is 9. The number of hydrogen-bond acceptors (Lipinski definition) is 9. The van der Waals surface area contributed by atoms with Gasteiger partial charge >= 0.3 is 6.10 Å². The Bertz CT molecular complexity index is 1820. The van der Waals surface area contributed by atoms with Gasteiger partial charge in [-0.05, 0) is 63.8 Å². The van der Waals surface area contributed by atoms with Crippen molar-refractivity contribution in [2.45, 2.75) is 53.1 Å². The number of aromatic nitrogens is 7. The van der Waals surface area contributed by atoms with Gasteiger partial charge in [0, 0.05) is 17.5 Å². The molecule has 0 bridgehead atoms. The lowest BCUT2D eigenvalue weighted by atomic mass is 9.96. The number of aliphatic imine (C=N–C) groups is 1. The van der Waals surface area contributed by atoms with Crippen LogP contribution in [-0.2, 0) is 12.5 Å². The first-order valence-electron chi connectivity index (χ1n) is 13.0. The van der Waals surface area contributed by atoms with E-state index in [4.69, 9.17) is 11.6 Å². The summed E-state index contributed by atoms with van der Waals surface area (Å²) in [5.74, 6) is -1.32. The van der Waals surface area contributed by atoms with Crippen LogP contribution >= 0.6 is 11.6 Å². The van der Waals surface area contributed by atoms with E-state index in [0.717, 1.165) is 10.8 Å². The fraction of sp³-hybridized carbons (Fsp3) is 0.286. The molecule has 1 unspecified atom stereocenters. The maximum Gasteiger partial charge on any atom is 0.405 e. The van der Waals surface area contributed by atoms with Crippen molar-refractivity contribution in [1.82, 2.24) is 34.3 Å². The van der Waals surface area contributed by atoms with Gasteiger partial charge in [-0.1, -0.05) is 35.5 Å². The van der Waals surface area contributed by atoms with E-state index in [9.17, 15) is 20.1 Å². The molecule has 0 aliphatic rings. The Labute approximate surface area is 249 Å². The lowest BCUT2D eigenvalue weighted by Crippen LogP contribution is -2.34. The molecule has 0 saturated carbocycles. The quantitative estimate of drug-likeness (QED) is 0.191. The molecule has 0 spiro atoms. The average Bonchev–Trinajstić information content (AvgIpc) is 3.55. The molecule has 43 heavy (non-hydrogen) atoms. The summed E-state index contributed by atoms with van der Waals surface area (Å²) in [6.45, 7) is 8.32. The molecule has 0 saturated heterocycles. The van der Waals surface area contributed by atoms with Gasteiger partial charge in [0.2, 0.25) is 0 Å². The van der Waals surface area contributed by atoms with Gasteiger partial charge in [0.15, 0.2) is 11.6 Å². The normalized spacial score (nSPS) is 13.7.